The molecule has 1 unspecified atom stereocenters. The number of halogens is 1. The lowest BCUT2D eigenvalue weighted by Gasteiger charge is -2.31. The van der Waals surface area contributed by atoms with Crippen molar-refractivity contribution in [1.82, 2.24) is 0 Å². The third-order valence-corrected chi connectivity index (χ3v) is 3.78. The fourth-order valence-corrected chi connectivity index (χ4v) is 2.45. The van der Waals surface area contributed by atoms with Gasteiger partial charge in [-0.25, -0.2) is 0 Å². The molecule has 2 heteroatoms. The van der Waals surface area contributed by atoms with Crippen LogP contribution in [0.15, 0.2) is 30.3 Å². The molecule has 0 aromatic heterocycles. The van der Waals surface area contributed by atoms with Crippen LogP contribution in [0, 0.1) is 5.92 Å². The first kappa shape index (κ1) is 18.9. The lowest BCUT2D eigenvalue weighted by atomic mass is 9.80. The minimum absolute atomic E-state index is 0. The molecule has 0 bridgehead atoms. The van der Waals surface area contributed by atoms with Crippen LogP contribution in [0.25, 0.3) is 0 Å². The van der Waals surface area contributed by atoms with Crippen LogP contribution < -0.4 is 5.73 Å². The van der Waals surface area contributed by atoms with E-state index in [0.29, 0.717) is 5.92 Å². The molecule has 0 aliphatic carbocycles. The van der Waals surface area contributed by atoms with Crippen molar-refractivity contribution < 1.29 is 0 Å². The summed E-state index contributed by atoms with van der Waals surface area (Å²) >= 11 is 0. The maximum atomic E-state index is 6.34. The molecular weight excluding hydrogens is 345 g/mol. The maximum absolute atomic E-state index is 6.34. The number of benzene rings is 1. The van der Waals surface area contributed by atoms with E-state index in [4.69, 9.17) is 5.73 Å². The van der Waals surface area contributed by atoms with Gasteiger partial charge in [-0.2, -0.15) is 0 Å². The van der Waals surface area contributed by atoms with Crippen molar-refractivity contribution >= 4 is 24.0 Å². The average Bonchev–Trinajstić information content (AvgIpc) is 2.33. The summed E-state index contributed by atoms with van der Waals surface area (Å²) in [5, 5.41) is 0. The predicted molar refractivity (Wildman–Crippen MR) is 96.1 cm³/mol. The molecular formula is C17H30IN. The third kappa shape index (κ3) is 7.93. The quantitative estimate of drug-likeness (QED) is 0.492. The molecule has 2 N–H and O–H groups in total. The second kappa shape index (κ2) is 9.76. The monoisotopic (exact) mass is 375 g/mol. The van der Waals surface area contributed by atoms with Crippen LogP contribution in [-0.4, -0.2) is 5.54 Å². The van der Waals surface area contributed by atoms with E-state index in [0.717, 1.165) is 6.42 Å². The molecule has 0 aliphatic rings. The Morgan fingerprint density at radius 2 is 1.68 bits per heavy atom. The van der Waals surface area contributed by atoms with Crippen LogP contribution in [0.5, 0.6) is 0 Å². The van der Waals surface area contributed by atoms with Gasteiger partial charge in [0.25, 0.3) is 0 Å². The van der Waals surface area contributed by atoms with Gasteiger partial charge in [0.1, 0.15) is 0 Å². The van der Waals surface area contributed by atoms with Crippen molar-refractivity contribution in [2.24, 2.45) is 11.7 Å². The van der Waals surface area contributed by atoms with Crippen molar-refractivity contribution in [3.8, 4) is 0 Å². The van der Waals surface area contributed by atoms with Gasteiger partial charge in [0.15, 0.2) is 0 Å². The van der Waals surface area contributed by atoms with E-state index in [9.17, 15) is 0 Å². The van der Waals surface area contributed by atoms with Crippen molar-refractivity contribution in [3.05, 3.63) is 35.9 Å². The van der Waals surface area contributed by atoms with E-state index in [2.05, 4.69) is 51.1 Å². The Morgan fingerprint density at radius 3 is 2.21 bits per heavy atom. The summed E-state index contributed by atoms with van der Waals surface area (Å²) in [6.07, 6.45) is 7.66. The minimum atomic E-state index is -0.0813. The van der Waals surface area contributed by atoms with Gasteiger partial charge in [0.2, 0.25) is 0 Å². The van der Waals surface area contributed by atoms with E-state index in [1.165, 1.54) is 37.7 Å². The summed E-state index contributed by atoms with van der Waals surface area (Å²) in [4.78, 5) is 0. The zero-order valence-electron chi connectivity index (χ0n) is 12.7. The van der Waals surface area contributed by atoms with E-state index in [1.807, 2.05) is 0 Å². The normalized spacial score (nSPS) is 12.8. The Balaban J connectivity index is 0.00000324. The molecule has 1 aromatic carbocycles. The van der Waals surface area contributed by atoms with Crippen LogP contribution >= 0.6 is 24.0 Å². The molecule has 1 atom stereocenters. The summed E-state index contributed by atoms with van der Waals surface area (Å²) in [6, 6.07) is 10.7. The van der Waals surface area contributed by atoms with E-state index in [-0.39, 0.29) is 29.5 Å². The fraction of sp³-hybridized carbons (Fsp3) is 0.647. The Hall–Kier alpha value is -0.0900. The van der Waals surface area contributed by atoms with Crippen molar-refractivity contribution in [3.63, 3.8) is 0 Å². The first-order valence-corrected chi connectivity index (χ1v) is 7.37. The molecule has 110 valence electrons. The average molecular weight is 375 g/mol. The van der Waals surface area contributed by atoms with E-state index in [1.54, 1.807) is 0 Å². The topological polar surface area (TPSA) is 26.0 Å². The predicted octanol–water partition coefficient (Wildman–Crippen LogP) is 5.17. The number of hydrogen-bond acceptors (Lipinski definition) is 1. The molecule has 0 saturated carbocycles. The second-order valence-corrected chi connectivity index (χ2v) is 6.06. The summed E-state index contributed by atoms with van der Waals surface area (Å²) in [5.74, 6) is 0.580. The first-order valence-electron chi connectivity index (χ1n) is 7.37. The number of rotatable bonds is 8. The molecule has 1 nitrogen and oxygen atoms in total. The number of unbranched alkanes of at least 4 members (excludes halogenated alkanes) is 3. The molecule has 0 radical (unpaired) electrons. The van der Waals surface area contributed by atoms with Gasteiger partial charge >= 0.3 is 0 Å². The van der Waals surface area contributed by atoms with Crippen LogP contribution in [0.4, 0.5) is 0 Å². The van der Waals surface area contributed by atoms with Crippen molar-refractivity contribution in [2.45, 2.75) is 64.8 Å². The van der Waals surface area contributed by atoms with Crippen molar-refractivity contribution in [1.29, 1.82) is 0 Å². The van der Waals surface area contributed by atoms with Gasteiger partial charge < -0.3 is 5.73 Å². The van der Waals surface area contributed by atoms with Crippen molar-refractivity contribution in [2.75, 3.05) is 0 Å². The Bertz CT molecular complexity index is 316. The Labute approximate surface area is 136 Å². The highest BCUT2D eigenvalue weighted by molar-refractivity contribution is 14.0. The zero-order chi connectivity index (χ0) is 13.4. The molecule has 0 amide bonds. The van der Waals surface area contributed by atoms with Crippen LogP contribution in [0.3, 0.4) is 0 Å². The lowest BCUT2D eigenvalue weighted by molar-refractivity contribution is 0.290. The number of hydrogen-bond donors (Lipinski definition) is 1. The smallest absolute Gasteiger partial charge is 0.0129 e. The highest BCUT2D eigenvalue weighted by Crippen LogP contribution is 2.25. The molecule has 0 aliphatic heterocycles. The Morgan fingerprint density at radius 1 is 1.05 bits per heavy atom. The van der Waals surface area contributed by atoms with Gasteiger partial charge in [-0.3, -0.25) is 0 Å². The van der Waals surface area contributed by atoms with E-state index < -0.39 is 0 Å². The molecule has 0 saturated heterocycles. The molecule has 1 aromatic rings. The summed E-state index contributed by atoms with van der Waals surface area (Å²) in [7, 11) is 0. The van der Waals surface area contributed by atoms with Gasteiger partial charge in [-0.05, 0) is 38.2 Å². The van der Waals surface area contributed by atoms with Crippen LogP contribution in [0.1, 0.15) is 58.4 Å². The molecule has 1 rings (SSSR count). The Kier molecular flexibility index (Phi) is 9.71. The summed E-state index contributed by atoms with van der Waals surface area (Å²) in [5.41, 5.74) is 7.67. The van der Waals surface area contributed by atoms with Gasteiger partial charge in [0.05, 0.1) is 0 Å². The SMILES string of the molecule is CCCCCCC(Cc1ccccc1)C(C)(C)N.I. The molecule has 0 heterocycles. The molecule has 0 fully saturated rings. The second-order valence-electron chi connectivity index (χ2n) is 6.06. The zero-order valence-corrected chi connectivity index (χ0v) is 15.0. The fourth-order valence-electron chi connectivity index (χ4n) is 2.45. The van der Waals surface area contributed by atoms with Crippen LogP contribution in [-0.2, 0) is 6.42 Å². The van der Waals surface area contributed by atoms with Crippen LogP contribution in [0.2, 0.25) is 0 Å². The number of nitrogens with two attached hydrogens (primary N) is 1. The highest BCUT2D eigenvalue weighted by atomic mass is 127. The minimum Gasteiger partial charge on any atom is -0.325 e. The largest absolute Gasteiger partial charge is 0.325 e. The third-order valence-electron chi connectivity index (χ3n) is 3.78. The summed E-state index contributed by atoms with van der Waals surface area (Å²) < 4.78 is 0. The molecule has 19 heavy (non-hydrogen) atoms. The van der Waals surface area contributed by atoms with Gasteiger partial charge in [-0.1, -0.05) is 62.9 Å². The maximum Gasteiger partial charge on any atom is 0.0129 e. The molecule has 0 spiro atoms. The van der Waals surface area contributed by atoms with E-state index >= 15 is 0 Å². The first-order chi connectivity index (χ1) is 8.54. The standard InChI is InChI=1S/C17H29N.HI/c1-4-5-6-10-13-16(17(2,3)18)14-15-11-8-7-9-12-15;/h7-9,11-12,16H,4-6,10,13-14,18H2,1-3H3;1H. The summed E-state index contributed by atoms with van der Waals surface area (Å²) in [6.45, 7) is 6.59. The van der Waals surface area contributed by atoms with Gasteiger partial charge in [-0.15, -0.1) is 24.0 Å². The van der Waals surface area contributed by atoms with Gasteiger partial charge in [0, 0.05) is 5.54 Å². The highest BCUT2D eigenvalue weighted by Gasteiger charge is 2.24. The lowest BCUT2D eigenvalue weighted by Crippen LogP contribution is -2.42.